The van der Waals surface area contributed by atoms with Crippen molar-refractivity contribution in [2.75, 3.05) is 17.0 Å². The Morgan fingerprint density at radius 3 is 2.69 bits per heavy atom. The van der Waals surface area contributed by atoms with Crippen molar-refractivity contribution >= 4 is 17.7 Å². The van der Waals surface area contributed by atoms with Crippen LogP contribution in [0, 0.1) is 5.92 Å². The van der Waals surface area contributed by atoms with Gasteiger partial charge in [0.2, 0.25) is 5.16 Å². The van der Waals surface area contributed by atoms with Gasteiger partial charge >= 0.3 is 0 Å². The predicted octanol–water partition coefficient (Wildman–Crippen LogP) is 0.0256. The molecule has 1 heterocycles. The second-order valence-electron chi connectivity index (χ2n) is 3.03. The predicted molar refractivity (Wildman–Crippen MR) is 53.5 cm³/mol. The van der Waals surface area contributed by atoms with E-state index in [1.165, 1.54) is 4.68 Å². The number of nitrogen functional groups attached to an aromatic ring is 2. The molecule has 0 unspecified atom stereocenters. The summed E-state index contributed by atoms with van der Waals surface area (Å²) < 4.78 is 1.34. The summed E-state index contributed by atoms with van der Waals surface area (Å²) in [6.07, 6.45) is 0. The molecular formula is C6H14N6S. The summed E-state index contributed by atoms with van der Waals surface area (Å²) in [7, 11) is 0. The monoisotopic (exact) mass is 202 g/mol. The van der Waals surface area contributed by atoms with Crippen molar-refractivity contribution < 1.29 is 0 Å². The van der Waals surface area contributed by atoms with Crippen LogP contribution in [0.15, 0.2) is 5.16 Å². The minimum Gasteiger partial charge on any atom is -0.334 e. The fourth-order valence-electron chi connectivity index (χ4n) is 0.715. The van der Waals surface area contributed by atoms with Gasteiger partial charge in [0.25, 0.3) is 5.95 Å². The quantitative estimate of drug-likeness (QED) is 0.362. The first-order valence-electron chi connectivity index (χ1n) is 3.95. The zero-order valence-electron chi connectivity index (χ0n) is 7.69. The number of hydrogen-bond donors (Lipinski definition) is 3. The highest BCUT2D eigenvalue weighted by Gasteiger charge is 2.08. The van der Waals surface area contributed by atoms with Crippen LogP contribution >= 0.6 is 11.8 Å². The first-order chi connectivity index (χ1) is 6.15. The lowest BCUT2D eigenvalue weighted by Crippen LogP contribution is -2.18. The van der Waals surface area contributed by atoms with Gasteiger partial charge in [-0.05, 0) is 5.92 Å². The molecule has 0 saturated heterocycles. The van der Waals surface area contributed by atoms with Crippen molar-refractivity contribution in [2.45, 2.75) is 19.0 Å². The van der Waals surface area contributed by atoms with E-state index in [0.29, 0.717) is 17.0 Å². The highest BCUT2D eigenvalue weighted by molar-refractivity contribution is 7.99. The normalized spacial score (nSPS) is 10.8. The van der Waals surface area contributed by atoms with E-state index < -0.39 is 0 Å². The molecule has 0 bridgehead atoms. The molecule has 0 aliphatic heterocycles. The number of thioether (sulfide) groups is 1. The molecule has 0 saturated carbocycles. The number of hydrazine groups is 1. The van der Waals surface area contributed by atoms with Crippen molar-refractivity contribution in [3.8, 4) is 0 Å². The Bertz CT molecular complexity index is 270. The largest absolute Gasteiger partial charge is 0.334 e. The van der Waals surface area contributed by atoms with Gasteiger partial charge in [0, 0.05) is 5.75 Å². The molecule has 0 radical (unpaired) electrons. The Balaban J connectivity index is 2.62. The molecule has 0 aromatic carbocycles. The third-order valence-corrected chi connectivity index (χ3v) is 2.71. The molecule has 0 aliphatic carbocycles. The van der Waals surface area contributed by atoms with Gasteiger partial charge in [0.15, 0.2) is 0 Å². The van der Waals surface area contributed by atoms with Crippen LogP contribution in [0.4, 0.5) is 5.95 Å². The van der Waals surface area contributed by atoms with Gasteiger partial charge < -0.3 is 5.84 Å². The molecule has 0 atom stereocenters. The average Bonchev–Trinajstić information content (AvgIpc) is 2.43. The van der Waals surface area contributed by atoms with Crippen molar-refractivity contribution in [3.63, 3.8) is 0 Å². The fraction of sp³-hybridized carbons (Fsp3) is 0.667. The van der Waals surface area contributed by atoms with E-state index in [0.717, 1.165) is 5.75 Å². The second-order valence-corrected chi connectivity index (χ2v) is 4.01. The van der Waals surface area contributed by atoms with Crippen LogP contribution in [0.2, 0.25) is 0 Å². The Labute approximate surface area is 81.0 Å². The van der Waals surface area contributed by atoms with Crippen molar-refractivity contribution in [2.24, 2.45) is 11.8 Å². The Kier molecular flexibility index (Phi) is 3.38. The number of anilines is 1. The lowest BCUT2D eigenvalue weighted by Gasteiger charge is -2.03. The third-order valence-electron chi connectivity index (χ3n) is 1.34. The van der Waals surface area contributed by atoms with Gasteiger partial charge in [-0.25, -0.2) is 10.5 Å². The highest BCUT2D eigenvalue weighted by Crippen LogP contribution is 2.18. The summed E-state index contributed by atoms with van der Waals surface area (Å²) in [6, 6.07) is 0. The molecule has 7 heteroatoms. The average molecular weight is 202 g/mol. The zero-order valence-corrected chi connectivity index (χ0v) is 8.51. The van der Waals surface area contributed by atoms with E-state index in [-0.39, 0.29) is 0 Å². The number of rotatable bonds is 4. The Morgan fingerprint density at radius 2 is 2.23 bits per heavy atom. The van der Waals surface area contributed by atoms with Gasteiger partial charge in [-0.15, -0.1) is 10.2 Å². The standard InChI is InChI=1S/C6H14N6S/c1-4(2)3-13-6-11-10-5(9-7)12(6)8/h4H,3,7-8H2,1-2H3,(H,9,10). The van der Waals surface area contributed by atoms with Crippen molar-refractivity contribution in [3.05, 3.63) is 0 Å². The Hall–Kier alpha value is -0.950. The van der Waals surface area contributed by atoms with Gasteiger partial charge in [0.05, 0.1) is 0 Å². The number of hydrogen-bond acceptors (Lipinski definition) is 6. The molecule has 1 rings (SSSR count). The van der Waals surface area contributed by atoms with Gasteiger partial charge in [-0.2, -0.15) is 0 Å². The number of aromatic nitrogens is 3. The number of nitrogens with zero attached hydrogens (tertiary/aromatic N) is 3. The third kappa shape index (κ3) is 2.49. The first kappa shape index (κ1) is 10.1. The zero-order chi connectivity index (χ0) is 9.84. The van der Waals surface area contributed by atoms with Crippen LogP contribution in [-0.4, -0.2) is 20.6 Å². The number of nitrogens with two attached hydrogens (primary N) is 2. The van der Waals surface area contributed by atoms with Crippen LogP contribution in [-0.2, 0) is 0 Å². The lowest BCUT2D eigenvalue weighted by atomic mass is 10.3. The lowest BCUT2D eigenvalue weighted by molar-refractivity contribution is 0.744. The molecule has 1 aromatic heterocycles. The molecule has 1 aromatic rings. The van der Waals surface area contributed by atoms with Gasteiger partial charge in [0.1, 0.15) is 0 Å². The highest BCUT2D eigenvalue weighted by atomic mass is 32.2. The SMILES string of the molecule is CC(C)CSc1nnc(NN)n1N. The van der Waals surface area contributed by atoms with E-state index in [9.17, 15) is 0 Å². The van der Waals surface area contributed by atoms with E-state index in [1.54, 1.807) is 11.8 Å². The van der Waals surface area contributed by atoms with Crippen LogP contribution in [0.5, 0.6) is 0 Å². The molecule has 5 N–H and O–H groups in total. The van der Waals surface area contributed by atoms with Crippen LogP contribution in [0.3, 0.4) is 0 Å². The van der Waals surface area contributed by atoms with Crippen LogP contribution in [0.25, 0.3) is 0 Å². The summed E-state index contributed by atoms with van der Waals surface area (Å²) in [5, 5.41) is 8.28. The summed E-state index contributed by atoms with van der Waals surface area (Å²) in [4.78, 5) is 0. The minimum atomic E-state index is 0.367. The summed E-state index contributed by atoms with van der Waals surface area (Å²) >= 11 is 1.56. The molecule has 0 aliphatic rings. The van der Waals surface area contributed by atoms with Gasteiger partial charge in [-0.1, -0.05) is 25.6 Å². The molecule has 6 nitrogen and oxygen atoms in total. The first-order valence-corrected chi connectivity index (χ1v) is 4.93. The molecule has 74 valence electrons. The molecular weight excluding hydrogens is 188 g/mol. The van der Waals surface area contributed by atoms with Crippen LogP contribution in [0.1, 0.15) is 13.8 Å². The molecule has 0 spiro atoms. The summed E-state index contributed by atoms with van der Waals surface area (Å²) in [5.74, 6) is 12.7. The summed E-state index contributed by atoms with van der Waals surface area (Å²) in [5.41, 5.74) is 2.35. The van der Waals surface area contributed by atoms with E-state index in [2.05, 4.69) is 29.5 Å². The number of nitrogens with one attached hydrogen (secondary N) is 1. The van der Waals surface area contributed by atoms with Crippen LogP contribution < -0.4 is 17.1 Å². The van der Waals surface area contributed by atoms with Crippen molar-refractivity contribution in [1.29, 1.82) is 0 Å². The summed E-state index contributed by atoms with van der Waals surface area (Å²) in [6.45, 7) is 4.26. The smallest absolute Gasteiger partial charge is 0.258 e. The second kappa shape index (κ2) is 4.33. The maximum atomic E-state index is 5.63. The maximum Gasteiger partial charge on any atom is 0.258 e. The topological polar surface area (TPSA) is 94.8 Å². The molecule has 0 amide bonds. The van der Waals surface area contributed by atoms with E-state index in [1.807, 2.05) is 0 Å². The molecule has 0 fully saturated rings. The maximum absolute atomic E-state index is 5.63. The minimum absolute atomic E-state index is 0.367. The van der Waals surface area contributed by atoms with Crippen molar-refractivity contribution in [1.82, 2.24) is 14.9 Å². The van der Waals surface area contributed by atoms with E-state index in [4.69, 9.17) is 11.7 Å². The Morgan fingerprint density at radius 1 is 1.54 bits per heavy atom. The van der Waals surface area contributed by atoms with Gasteiger partial charge in [-0.3, -0.25) is 5.43 Å². The molecule has 13 heavy (non-hydrogen) atoms. The van der Waals surface area contributed by atoms with E-state index >= 15 is 0 Å². The fourth-order valence-corrected chi connectivity index (χ4v) is 1.52.